The molecule has 0 aliphatic heterocycles. The van der Waals surface area contributed by atoms with Crippen molar-refractivity contribution in [1.29, 1.82) is 0 Å². The van der Waals surface area contributed by atoms with E-state index >= 15 is 0 Å². The molecule has 0 saturated heterocycles. The molecule has 0 aliphatic rings. The van der Waals surface area contributed by atoms with E-state index in [1.807, 2.05) is 4.98 Å². The fraction of sp³-hybridized carbons (Fsp3) is 0.125. The Morgan fingerprint density at radius 1 is 1.24 bits per heavy atom. The molecule has 0 spiro atoms. The summed E-state index contributed by atoms with van der Waals surface area (Å²) in [6.07, 6.45) is 4.36. The van der Waals surface area contributed by atoms with Gasteiger partial charge in [0.1, 0.15) is 12.3 Å². The third-order valence-electron chi connectivity index (χ3n) is 3.11. The average molecular weight is 345 g/mol. The van der Waals surface area contributed by atoms with Gasteiger partial charge < -0.3 is 14.5 Å². The van der Waals surface area contributed by atoms with E-state index in [0.29, 0.717) is 23.7 Å². The number of H-pyrrole nitrogens is 2. The van der Waals surface area contributed by atoms with Crippen molar-refractivity contribution in [3.63, 3.8) is 0 Å². The van der Waals surface area contributed by atoms with Gasteiger partial charge in [0.05, 0.1) is 12.0 Å². The van der Waals surface area contributed by atoms with Crippen LogP contribution < -0.4 is 20.7 Å². The summed E-state index contributed by atoms with van der Waals surface area (Å²) in [6.45, 7) is 3.87. The highest BCUT2D eigenvalue weighted by atomic mass is 16.6. The van der Waals surface area contributed by atoms with Crippen LogP contribution in [0.2, 0.25) is 0 Å². The fourth-order valence-electron chi connectivity index (χ4n) is 2.03. The lowest BCUT2D eigenvalue weighted by Gasteiger charge is -2.09. The number of nitrogens with one attached hydrogen (secondary N) is 2. The van der Waals surface area contributed by atoms with Gasteiger partial charge in [-0.15, -0.1) is 0 Å². The lowest BCUT2D eigenvalue weighted by molar-refractivity contribution is -0.386. The van der Waals surface area contributed by atoms with Crippen molar-refractivity contribution < 1.29 is 14.4 Å². The third kappa shape index (κ3) is 4.22. The zero-order valence-corrected chi connectivity index (χ0v) is 13.3. The van der Waals surface area contributed by atoms with Crippen molar-refractivity contribution in [3.8, 4) is 11.5 Å². The van der Waals surface area contributed by atoms with E-state index in [4.69, 9.17) is 9.47 Å². The van der Waals surface area contributed by atoms with Gasteiger partial charge in [0, 0.05) is 0 Å². The number of nitrogens with zero attached hydrogens (tertiary/aromatic N) is 1. The lowest BCUT2D eigenvalue weighted by Crippen LogP contribution is -2.25. The molecule has 1 aromatic heterocycles. The molecule has 25 heavy (non-hydrogen) atoms. The Labute approximate surface area is 141 Å². The van der Waals surface area contributed by atoms with Crippen molar-refractivity contribution in [3.05, 3.63) is 73.1 Å². The molecule has 2 rings (SSSR count). The van der Waals surface area contributed by atoms with E-state index in [0.717, 1.165) is 0 Å². The zero-order chi connectivity index (χ0) is 18.4. The highest BCUT2D eigenvalue weighted by molar-refractivity contribution is 5.72. The van der Waals surface area contributed by atoms with Gasteiger partial charge in [0.2, 0.25) is 0 Å². The maximum atomic E-state index is 11.6. The topological polar surface area (TPSA) is 127 Å². The van der Waals surface area contributed by atoms with Gasteiger partial charge in [-0.05, 0) is 23.8 Å². The Morgan fingerprint density at radius 2 is 2.00 bits per heavy atom. The maximum absolute atomic E-state index is 11.6. The van der Waals surface area contributed by atoms with Gasteiger partial charge >= 0.3 is 16.9 Å². The first-order chi connectivity index (χ1) is 12.0. The van der Waals surface area contributed by atoms with Crippen LogP contribution in [0.3, 0.4) is 0 Å². The van der Waals surface area contributed by atoms with Gasteiger partial charge in [0.25, 0.3) is 0 Å². The van der Waals surface area contributed by atoms with E-state index < -0.39 is 21.9 Å². The highest BCUT2D eigenvalue weighted by Crippen LogP contribution is 2.29. The van der Waals surface area contributed by atoms with Gasteiger partial charge in [0.15, 0.2) is 11.5 Å². The Morgan fingerprint density at radius 3 is 2.64 bits per heavy atom. The minimum absolute atomic E-state index is 0.204. The van der Waals surface area contributed by atoms with Crippen LogP contribution in [0.1, 0.15) is 11.3 Å². The lowest BCUT2D eigenvalue weighted by atomic mass is 10.1. The van der Waals surface area contributed by atoms with Crippen LogP contribution >= 0.6 is 0 Å². The predicted octanol–water partition coefficient (Wildman–Crippen LogP) is 1.72. The molecule has 2 N–H and O–H groups in total. The van der Waals surface area contributed by atoms with Gasteiger partial charge in [-0.25, -0.2) is 4.79 Å². The number of hydrogen-bond acceptors (Lipinski definition) is 6. The molecule has 0 amide bonds. The normalized spacial score (nSPS) is 10.6. The number of methoxy groups -OCH3 is 1. The van der Waals surface area contributed by atoms with Crippen molar-refractivity contribution in [2.75, 3.05) is 13.7 Å². The van der Waals surface area contributed by atoms with E-state index in [-0.39, 0.29) is 5.69 Å². The predicted molar refractivity (Wildman–Crippen MR) is 92.0 cm³/mol. The van der Waals surface area contributed by atoms with Crippen molar-refractivity contribution in [2.24, 2.45) is 0 Å². The number of aromatic amines is 2. The summed E-state index contributed by atoms with van der Waals surface area (Å²) in [4.78, 5) is 37.1. The summed E-state index contributed by atoms with van der Waals surface area (Å²) in [7, 11) is 1.47. The van der Waals surface area contributed by atoms with Crippen LogP contribution in [0.4, 0.5) is 5.69 Å². The Kier molecular flexibility index (Phi) is 5.51. The molecule has 0 atom stereocenters. The second-order valence-electron chi connectivity index (χ2n) is 4.77. The molecule has 1 heterocycles. The summed E-state index contributed by atoms with van der Waals surface area (Å²) < 4.78 is 10.6. The highest BCUT2D eigenvalue weighted by Gasteiger charge is 2.18. The number of aromatic nitrogens is 2. The second-order valence-corrected chi connectivity index (χ2v) is 4.77. The molecule has 9 nitrogen and oxygen atoms in total. The van der Waals surface area contributed by atoms with Crippen LogP contribution in [0, 0.1) is 10.1 Å². The Balaban J connectivity index is 2.40. The smallest absolute Gasteiger partial charge is 0.357 e. The largest absolute Gasteiger partial charge is 0.493 e. The van der Waals surface area contributed by atoms with E-state index in [1.165, 1.54) is 19.3 Å². The summed E-state index contributed by atoms with van der Waals surface area (Å²) in [5, 5.41) is 11.0. The van der Waals surface area contributed by atoms with Crippen LogP contribution in [0.5, 0.6) is 11.5 Å². The quantitative estimate of drug-likeness (QED) is 0.447. The first kappa shape index (κ1) is 17.7. The number of nitro groups is 1. The molecule has 0 radical (unpaired) electrons. The molecular formula is C16H15N3O6. The molecule has 130 valence electrons. The minimum atomic E-state index is -1.07. The zero-order valence-electron chi connectivity index (χ0n) is 13.3. The maximum Gasteiger partial charge on any atom is 0.357 e. The molecule has 2 aromatic rings. The first-order valence-electron chi connectivity index (χ1n) is 7.07. The van der Waals surface area contributed by atoms with Gasteiger partial charge in [-0.3, -0.25) is 19.9 Å². The van der Waals surface area contributed by atoms with E-state index in [2.05, 4.69) is 11.6 Å². The van der Waals surface area contributed by atoms with Crippen molar-refractivity contribution >= 4 is 17.8 Å². The van der Waals surface area contributed by atoms with Crippen LogP contribution in [0.15, 0.2) is 40.4 Å². The minimum Gasteiger partial charge on any atom is -0.493 e. The Hall–Kier alpha value is -3.62. The standard InChI is InChI=1S/C16H15N3O6/c1-3-8-25-12-7-5-10(9-13(12)24-2)4-6-11-14(19(22)23)15(20)18-16(21)17-11/h3-7,9H,1,8H2,2H3,(H2,17,18,20,21). The summed E-state index contributed by atoms with van der Waals surface area (Å²) >= 11 is 0. The molecule has 0 bridgehead atoms. The second kappa shape index (κ2) is 7.77. The monoisotopic (exact) mass is 345 g/mol. The molecule has 0 unspecified atom stereocenters. The number of benzene rings is 1. The SMILES string of the molecule is C=CCOc1ccc(C=Cc2[nH]c(=O)[nH]c(=O)c2[N+](=O)[O-])cc1OC. The van der Waals surface area contributed by atoms with E-state index in [9.17, 15) is 19.7 Å². The molecule has 9 heteroatoms. The average Bonchev–Trinajstić information content (AvgIpc) is 2.57. The summed E-state index contributed by atoms with van der Waals surface area (Å²) in [6, 6.07) is 5.00. The number of rotatable bonds is 7. The van der Waals surface area contributed by atoms with E-state index in [1.54, 1.807) is 24.3 Å². The van der Waals surface area contributed by atoms with Gasteiger partial charge in [-0.1, -0.05) is 24.8 Å². The van der Waals surface area contributed by atoms with Crippen LogP contribution in [-0.4, -0.2) is 28.6 Å². The van der Waals surface area contributed by atoms with Gasteiger partial charge in [-0.2, -0.15) is 0 Å². The molecular weight excluding hydrogens is 330 g/mol. The number of ether oxygens (including phenoxy) is 2. The van der Waals surface area contributed by atoms with Crippen LogP contribution in [0.25, 0.3) is 12.2 Å². The summed E-state index contributed by atoms with van der Waals surface area (Å²) in [5.74, 6) is 0.966. The molecule has 0 saturated carbocycles. The Bertz CT molecular complexity index is 942. The first-order valence-corrected chi connectivity index (χ1v) is 7.07. The molecule has 0 aliphatic carbocycles. The number of hydrogen-bond donors (Lipinski definition) is 2. The molecule has 0 fully saturated rings. The van der Waals surface area contributed by atoms with Crippen LogP contribution in [-0.2, 0) is 0 Å². The fourth-order valence-corrected chi connectivity index (χ4v) is 2.03. The third-order valence-corrected chi connectivity index (χ3v) is 3.11. The van der Waals surface area contributed by atoms with Crippen molar-refractivity contribution in [2.45, 2.75) is 0 Å². The summed E-state index contributed by atoms with van der Waals surface area (Å²) in [5.41, 5.74) is -2.23. The van der Waals surface area contributed by atoms with Crippen molar-refractivity contribution in [1.82, 2.24) is 9.97 Å². The molecule has 1 aromatic carbocycles.